The molecule has 2 bridgehead atoms. The maximum absolute atomic E-state index is 13.1. The smallest absolute Gasteiger partial charge is 0.299 e. The molecule has 2 fully saturated rings. The van der Waals surface area contributed by atoms with Gasteiger partial charge in [-0.15, -0.1) is 0 Å². The second-order valence-corrected chi connectivity index (χ2v) is 9.74. The Kier molecular flexibility index (Phi) is 5.91. The predicted octanol–water partition coefficient (Wildman–Crippen LogP) is 3.64. The third kappa shape index (κ3) is 3.94. The number of carbonyl (C=O) groups is 2. The van der Waals surface area contributed by atoms with Crippen LogP contribution in [0.3, 0.4) is 0 Å². The van der Waals surface area contributed by atoms with E-state index in [-0.39, 0.29) is 17.9 Å². The van der Waals surface area contributed by atoms with Crippen molar-refractivity contribution in [3.8, 4) is 28.8 Å². The fourth-order valence-electron chi connectivity index (χ4n) is 5.96. The van der Waals surface area contributed by atoms with Gasteiger partial charge in [-0.05, 0) is 56.7 Å². The van der Waals surface area contributed by atoms with Crippen LogP contribution in [0.15, 0.2) is 55.0 Å². The number of anilines is 2. The minimum absolute atomic E-state index is 0.158. The molecule has 6 rings (SSSR count). The fraction of sp³-hybridized carbons (Fsp3) is 0.276. The number of imidazole rings is 1. The molecule has 0 radical (unpaired) electrons. The van der Waals surface area contributed by atoms with Crippen LogP contribution in [0, 0.1) is 11.8 Å². The number of benzene rings is 1. The second-order valence-electron chi connectivity index (χ2n) is 9.74. The summed E-state index contributed by atoms with van der Waals surface area (Å²) < 4.78 is 7.15. The number of methoxy groups -OCH3 is 1. The summed E-state index contributed by atoms with van der Waals surface area (Å²) in [5.41, 5.74) is 8.38. The van der Waals surface area contributed by atoms with Gasteiger partial charge in [-0.2, -0.15) is 0 Å². The summed E-state index contributed by atoms with van der Waals surface area (Å²) in [6.07, 6.45) is 8.50. The Hall–Kier alpha value is -4.91. The molecule has 2 aliphatic rings. The van der Waals surface area contributed by atoms with Crippen LogP contribution in [0.5, 0.6) is 5.75 Å². The zero-order valence-corrected chi connectivity index (χ0v) is 21.6. The number of ether oxygens (including phenoxy) is 1. The molecule has 1 aromatic carbocycles. The molecule has 10 nitrogen and oxygen atoms in total. The normalized spacial score (nSPS) is 19.5. The first-order chi connectivity index (χ1) is 18.9. The Balaban J connectivity index is 1.38. The van der Waals surface area contributed by atoms with Crippen molar-refractivity contribution in [1.82, 2.24) is 24.3 Å². The summed E-state index contributed by atoms with van der Waals surface area (Å²) in [6.45, 7) is 1.68. The topological polar surface area (TPSA) is 128 Å². The van der Waals surface area contributed by atoms with Crippen LogP contribution in [0.2, 0.25) is 0 Å². The van der Waals surface area contributed by atoms with Crippen molar-refractivity contribution >= 4 is 29.0 Å². The van der Waals surface area contributed by atoms with E-state index >= 15 is 0 Å². The first kappa shape index (κ1) is 24.4. The van der Waals surface area contributed by atoms with Gasteiger partial charge in [0, 0.05) is 41.8 Å². The van der Waals surface area contributed by atoms with Gasteiger partial charge in [-0.25, -0.2) is 15.0 Å². The molecule has 4 aromatic rings. The van der Waals surface area contributed by atoms with E-state index in [4.69, 9.17) is 15.5 Å². The molecule has 0 aliphatic carbocycles. The lowest BCUT2D eigenvalue weighted by Crippen LogP contribution is -2.43. The number of nitrogens with two attached hydrogens (primary N) is 1. The number of rotatable bonds is 5. The summed E-state index contributed by atoms with van der Waals surface area (Å²) in [7, 11) is 1.55. The van der Waals surface area contributed by atoms with Crippen molar-refractivity contribution < 1.29 is 14.3 Å². The summed E-state index contributed by atoms with van der Waals surface area (Å²) in [6, 6.07) is 10.6. The van der Waals surface area contributed by atoms with Gasteiger partial charge in [-0.1, -0.05) is 18.1 Å². The van der Waals surface area contributed by atoms with E-state index in [0.717, 1.165) is 37.1 Å². The quantitative estimate of drug-likeness (QED) is 0.384. The number of aromatic nitrogens is 4. The van der Waals surface area contributed by atoms with Crippen LogP contribution >= 0.6 is 0 Å². The largest absolute Gasteiger partial charge is 0.497 e. The standard InChI is InChI=1S/C29H27N7O3/c1-3-4-23(37)36-20-9-12-29(36,13-10-20)28-34-24(25-26(30)32-15-16-35(25)28)18-5-7-19(8-6-18)27(38)33-22-17-21(39-2)11-14-31-22/h5-8,11,14-17,20H,9-10,12-13H2,1-2H3,(H2,30,32)(H,31,33,38). The molecule has 196 valence electrons. The molecule has 3 N–H and O–H groups in total. The fourth-order valence-corrected chi connectivity index (χ4v) is 5.96. The molecule has 0 spiro atoms. The lowest BCUT2D eigenvalue weighted by molar-refractivity contribution is -0.129. The summed E-state index contributed by atoms with van der Waals surface area (Å²) in [5.74, 6) is 7.12. The van der Waals surface area contributed by atoms with Crippen LogP contribution in [-0.4, -0.2) is 49.2 Å². The van der Waals surface area contributed by atoms with E-state index in [1.807, 2.05) is 27.6 Å². The third-order valence-electron chi connectivity index (χ3n) is 7.69. The molecule has 5 heterocycles. The Morgan fingerprint density at radius 3 is 2.62 bits per heavy atom. The highest BCUT2D eigenvalue weighted by Crippen LogP contribution is 2.53. The number of pyridine rings is 1. The van der Waals surface area contributed by atoms with E-state index in [9.17, 15) is 9.59 Å². The highest BCUT2D eigenvalue weighted by Gasteiger charge is 2.57. The molecule has 2 aliphatic heterocycles. The van der Waals surface area contributed by atoms with Gasteiger partial charge >= 0.3 is 0 Å². The summed E-state index contributed by atoms with van der Waals surface area (Å²) in [4.78, 5) is 41.4. The molecular weight excluding hydrogens is 494 g/mol. The van der Waals surface area contributed by atoms with Crippen LogP contribution in [0.1, 0.15) is 48.8 Å². The van der Waals surface area contributed by atoms with Crippen LogP contribution in [0.25, 0.3) is 16.8 Å². The molecule has 3 aromatic heterocycles. The highest BCUT2D eigenvalue weighted by molar-refractivity contribution is 6.04. The number of hydrogen-bond donors (Lipinski definition) is 2. The van der Waals surface area contributed by atoms with E-state index in [1.54, 1.807) is 50.7 Å². The minimum Gasteiger partial charge on any atom is -0.497 e. The Labute approximate surface area is 225 Å². The van der Waals surface area contributed by atoms with Crippen LogP contribution in [0.4, 0.5) is 11.6 Å². The van der Waals surface area contributed by atoms with E-state index in [0.29, 0.717) is 34.2 Å². The van der Waals surface area contributed by atoms with Crippen LogP contribution in [-0.2, 0) is 10.3 Å². The molecule has 10 heteroatoms. The Bertz CT molecular complexity index is 1660. The lowest BCUT2D eigenvalue weighted by Gasteiger charge is -2.32. The van der Waals surface area contributed by atoms with Gasteiger partial charge in [0.05, 0.1) is 7.11 Å². The van der Waals surface area contributed by atoms with Gasteiger partial charge in [0.2, 0.25) is 0 Å². The summed E-state index contributed by atoms with van der Waals surface area (Å²) >= 11 is 0. The second kappa shape index (κ2) is 9.44. The van der Waals surface area contributed by atoms with Gasteiger partial charge in [0.15, 0.2) is 0 Å². The molecule has 0 saturated carbocycles. The SMILES string of the molecule is CC#CC(=O)N1C2CCC1(c1nc(-c3ccc(C(=O)Nc4cc(OC)ccn4)cc3)c3c(N)nccn13)CC2. The number of fused-ring (bicyclic) bond motifs is 3. The maximum Gasteiger partial charge on any atom is 0.299 e. The molecule has 2 saturated heterocycles. The number of hydrogen-bond acceptors (Lipinski definition) is 7. The molecule has 0 atom stereocenters. The van der Waals surface area contributed by atoms with E-state index in [1.165, 1.54) is 0 Å². The average molecular weight is 522 g/mol. The zero-order chi connectivity index (χ0) is 27.1. The molecule has 0 unspecified atom stereocenters. The van der Waals surface area contributed by atoms with Crippen LogP contribution < -0.4 is 15.8 Å². The van der Waals surface area contributed by atoms with E-state index < -0.39 is 5.54 Å². The van der Waals surface area contributed by atoms with Gasteiger partial charge < -0.3 is 20.7 Å². The Morgan fingerprint density at radius 2 is 1.90 bits per heavy atom. The minimum atomic E-state index is -0.551. The average Bonchev–Trinajstić information content (AvgIpc) is 3.64. The first-order valence-corrected chi connectivity index (χ1v) is 12.8. The predicted molar refractivity (Wildman–Crippen MR) is 146 cm³/mol. The summed E-state index contributed by atoms with van der Waals surface area (Å²) in [5, 5.41) is 2.79. The van der Waals surface area contributed by atoms with Crippen molar-refractivity contribution in [3.63, 3.8) is 0 Å². The highest BCUT2D eigenvalue weighted by atomic mass is 16.5. The van der Waals surface area contributed by atoms with E-state index in [2.05, 4.69) is 27.1 Å². The monoisotopic (exact) mass is 521 g/mol. The number of amides is 2. The number of nitrogen functional groups attached to an aromatic ring is 1. The third-order valence-corrected chi connectivity index (χ3v) is 7.69. The van der Waals surface area contributed by atoms with Crippen molar-refractivity contribution in [1.29, 1.82) is 0 Å². The van der Waals surface area contributed by atoms with Gasteiger partial charge in [0.1, 0.15) is 40.0 Å². The van der Waals surface area contributed by atoms with Crippen molar-refractivity contribution in [3.05, 3.63) is 66.4 Å². The van der Waals surface area contributed by atoms with Crippen molar-refractivity contribution in [2.24, 2.45) is 0 Å². The Morgan fingerprint density at radius 1 is 1.13 bits per heavy atom. The lowest BCUT2D eigenvalue weighted by atomic mass is 9.87. The number of nitrogens with one attached hydrogen (secondary N) is 1. The zero-order valence-electron chi connectivity index (χ0n) is 21.6. The molecular formula is C29H27N7O3. The van der Waals surface area contributed by atoms with Crippen molar-refractivity contribution in [2.75, 3.05) is 18.2 Å². The maximum atomic E-state index is 13.1. The van der Waals surface area contributed by atoms with Gasteiger partial charge in [0.25, 0.3) is 11.8 Å². The number of nitrogens with zero attached hydrogens (tertiary/aromatic N) is 5. The molecule has 2 amide bonds. The first-order valence-electron chi connectivity index (χ1n) is 12.8. The van der Waals surface area contributed by atoms with Crippen molar-refractivity contribution in [2.45, 2.75) is 44.2 Å². The van der Waals surface area contributed by atoms with Gasteiger partial charge in [-0.3, -0.25) is 14.0 Å². The number of carbonyl (C=O) groups excluding carboxylic acids is 2. The molecule has 39 heavy (non-hydrogen) atoms.